The second-order valence-electron chi connectivity index (χ2n) is 4.34. The number of nitrogens with two attached hydrogens (primary N) is 1. The van der Waals surface area contributed by atoms with Crippen LogP contribution in [0.25, 0.3) is 0 Å². The number of carbonyl (C=O) groups is 4. The first kappa shape index (κ1) is 16.7. The number of primary amides is 1. The van der Waals surface area contributed by atoms with Crippen molar-refractivity contribution in [2.75, 3.05) is 26.8 Å². The average molecular weight is 303 g/mol. The highest BCUT2D eigenvalue weighted by Crippen LogP contribution is 2.07. The molecule has 1 fully saturated rings. The van der Waals surface area contributed by atoms with E-state index in [-0.39, 0.29) is 19.7 Å². The van der Waals surface area contributed by atoms with E-state index in [1.807, 2.05) is 0 Å². The lowest BCUT2D eigenvalue weighted by atomic mass is 10.2. The molecule has 10 nitrogen and oxygen atoms in total. The molecule has 1 rings (SSSR count). The van der Waals surface area contributed by atoms with Crippen molar-refractivity contribution in [2.24, 2.45) is 5.73 Å². The summed E-state index contributed by atoms with van der Waals surface area (Å²) in [4.78, 5) is 46.2. The normalized spacial score (nSPS) is 19.5. The first-order valence-electron chi connectivity index (χ1n) is 6.11. The van der Waals surface area contributed by atoms with E-state index in [2.05, 4.69) is 10.1 Å². The number of carboxylic acid groups (broad SMARTS) is 1. The van der Waals surface area contributed by atoms with E-state index < -0.39 is 42.4 Å². The van der Waals surface area contributed by atoms with Crippen LogP contribution in [0.1, 0.15) is 6.42 Å². The van der Waals surface area contributed by atoms with Gasteiger partial charge in [0.1, 0.15) is 6.04 Å². The second-order valence-corrected chi connectivity index (χ2v) is 4.34. The van der Waals surface area contributed by atoms with Gasteiger partial charge in [-0.1, -0.05) is 0 Å². The zero-order chi connectivity index (χ0) is 16.0. The van der Waals surface area contributed by atoms with Crippen LogP contribution in [0, 0.1) is 0 Å². The number of ether oxygens (including phenoxy) is 2. The highest BCUT2D eigenvalue weighted by Gasteiger charge is 2.32. The zero-order valence-electron chi connectivity index (χ0n) is 11.4. The number of methoxy groups -OCH3 is 1. The Morgan fingerprint density at radius 2 is 2.14 bits per heavy atom. The van der Waals surface area contributed by atoms with Crippen molar-refractivity contribution >= 4 is 23.9 Å². The lowest BCUT2D eigenvalue weighted by Gasteiger charge is -2.32. The minimum absolute atomic E-state index is 0.0680. The predicted octanol–water partition coefficient (Wildman–Crippen LogP) is -2.10. The third-order valence-electron chi connectivity index (χ3n) is 2.82. The number of nitrogens with one attached hydrogen (secondary N) is 1. The molecule has 0 bridgehead atoms. The van der Waals surface area contributed by atoms with Crippen molar-refractivity contribution in [3.63, 3.8) is 0 Å². The Morgan fingerprint density at radius 3 is 2.67 bits per heavy atom. The first-order chi connectivity index (χ1) is 9.85. The lowest BCUT2D eigenvalue weighted by molar-refractivity contribution is -0.158. The molecule has 0 aromatic rings. The van der Waals surface area contributed by atoms with E-state index in [9.17, 15) is 19.2 Å². The maximum absolute atomic E-state index is 11.9. The lowest BCUT2D eigenvalue weighted by Crippen LogP contribution is -2.55. The number of carboxylic acids is 1. The third kappa shape index (κ3) is 4.91. The van der Waals surface area contributed by atoms with Crippen LogP contribution in [-0.4, -0.2) is 72.8 Å². The van der Waals surface area contributed by atoms with E-state index >= 15 is 0 Å². The Morgan fingerprint density at radius 1 is 1.48 bits per heavy atom. The molecular weight excluding hydrogens is 286 g/mol. The van der Waals surface area contributed by atoms with Gasteiger partial charge in [0.15, 0.2) is 6.10 Å². The van der Waals surface area contributed by atoms with Crippen molar-refractivity contribution in [1.29, 1.82) is 0 Å². The van der Waals surface area contributed by atoms with E-state index in [1.54, 1.807) is 0 Å². The van der Waals surface area contributed by atoms with Gasteiger partial charge in [0, 0.05) is 6.54 Å². The van der Waals surface area contributed by atoms with Crippen LogP contribution in [0.2, 0.25) is 0 Å². The van der Waals surface area contributed by atoms with Gasteiger partial charge < -0.3 is 30.5 Å². The molecule has 1 aliphatic heterocycles. The molecule has 3 amide bonds. The SMILES string of the molecule is COC(=O)C1CN(C(=O)NC(CC(N)=O)C(=O)O)CCO1. The van der Waals surface area contributed by atoms with Crippen LogP contribution >= 0.6 is 0 Å². The molecule has 118 valence electrons. The number of morpholine rings is 1. The van der Waals surface area contributed by atoms with Gasteiger partial charge in [0.2, 0.25) is 5.91 Å². The van der Waals surface area contributed by atoms with Crippen LogP contribution in [0.4, 0.5) is 4.79 Å². The number of aliphatic carboxylic acids is 1. The summed E-state index contributed by atoms with van der Waals surface area (Å²) in [5.41, 5.74) is 4.92. The van der Waals surface area contributed by atoms with Gasteiger partial charge in [0.05, 0.1) is 26.7 Å². The Bertz CT molecular complexity index is 440. The van der Waals surface area contributed by atoms with Crippen LogP contribution in [0.5, 0.6) is 0 Å². The number of hydrogen-bond donors (Lipinski definition) is 3. The Labute approximate surface area is 120 Å². The minimum Gasteiger partial charge on any atom is -0.480 e. The number of urea groups is 1. The summed E-state index contributed by atoms with van der Waals surface area (Å²) in [6.07, 6.45) is -1.44. The number of hydrogen-bond acceptors (Lipinski definition) is 6. The first-order valence-corrected chi connectivity index (χ1v) is 6.11. The monoisotopic (exact) mass is 303 g/mol. The molecule has 0 aromatic carbocycles. The van der Waals surface area contributed by atoms with Gasteiger partial charge in [-0.2, -0.15) is 0 Å². The molecule has 4 N–H and O–H groups in total. The van der Waals surface area contributed by atoms with Crippen molar-refractivity contribution in [3.8, 4) is 0 Å². The number of carbonyl (C=O) groups excluding carboxylic acids is 3. The second kappa shape index (κ2) is 7.43. The topological polar surface area (TPSA) is 148 Å². The van der Waals surface area contributed by atoms with Gasteiger partial charge >= 0.3 is 18.0 Å². The Kier molecular flexibility index (Phi) is 5.91. The predicted molar refractivity (Wildman–Crippen MR) is 67.1 cm³/mol. The number of rotatable bonds is 5. The highest BCUT2D eigenvalue weighted by molar-refractivity contribution is 5.88. The standard InChI is InChI=1S/C11H17N3O7/c1-20-10(18)7-5-14(2-3-21-7)11(19)13-6(9(16)17)4-8(12)15/h6-7H,2-5H2,1H3,(H2,12,15)(H,13,19)(H,16,17). The molecule has 10 heteroatoms. The molecule has 21 heavy (non-hydrogen) atoms. The molecule has 0 radical (unpaired) electrons. The Balaban J connectivity index is 2.62. The minimum atomic E-state index is -1.42. The summed E-state index contributed by atoms with van der Waals surface area (Å²) in [5, 5.41) is 11.1. The fourth-order valence-corrected chi connectivity index (χ4v) is 1.75. The average Bonchev–Trinajstić information content (AvgIpc) is 2.45. The summed E-state index contributed by atoms with van der Waals surface area (Å²) < 4.78 is 9.65. The molecule has 1 saturated heterocycles. The number of nitrogens with zero attached hydrogens (tertiary/aromatic N) is 1. The summed E-state index contributed by atoms with van der Waals surface area (Å²) in [7, 11) is 1.19. The van der Waals surface area contributed by atoms with E-state index in [4.69, 9.17) is 15.6 Å². The van der Waals surface area contributed by atoms with Gasteiger partial charge in [-0.15, -0.1) is 0 Å². The van der Waals surface area contributed by atoms with Gasteiger partial charge in [-0.05, 0) is 0 Å². The van der Waals surface area contributed by atoms with Crippen molar-refractivity contribution in [2.45, 2.75) is 18.6 Å². The van der Waals surface area contributed by atoms with Gasteiger partial charge in [-0.25, -0.2) is 14.4 Å². The summed E-state index contributed by atoms with van der Waals surface area (Å²) in [5.74, 6) is -2.85. The molecule has 2 unspecified atom stereocenters. The van der Waals surface area contributed by atoms with E-state index in [0.29, 0.717) is 0 Å². The summed E-state index contributed by atoms with van der Waals surface area (Å²) >= 11 is 0. The van der Waals surface area contributed by atoms with Crippen LogP contribution in [0.15, 0.2) is 0 Å². The molecule has 0 aliphatic carbocycles. The fourth-order valence-electron chi connectivity index (χ4n) is 1.75. The van der Waals surface area contributed by atoms with Gasteiger partial charge in [0.25, 0.3) is 0 Å². The summed E-state index contributed by atoms with van der Waals surface area (Å²) in [6, 6.07) is -2.14. The van der Waals surface area contributed by atoms with Crippen molar-refractivity contribution < 1.29 is 33.8 Å². The largest absolute Gasteiger partial charge is 0.480 e. The van der Waals surface area contributed by atoms with Crippen molar-refractivity contribution in [1.82, 2.24) is 10.2 Å². The van der Waals surface area contributed by atoms with Gasteiger partial charge in [-0.3, -0.25) is 4.79 Å². The van der Waals surface area contributed by atoms with E-state index in [1.165, 1.54) is 12.0 Å². The quantitative estimate of drug-likeness (QED) is 0.492. The Hall–Kier alpha value is -2.36. The molecule has 0 spiro atoms. The van der Waals surface area contributed by atoms with Crippen LogP contribution in [0.3, 0.4) is 0 Å². The fraction of sp³-hybridized carbons (Fsp3) is 0.636. The molecule has 1 aliphatic rings. The molecular formula is C11H17N3O7. The molecule has 0 aromatic heterocycles. The molecule has 1 heterocycles. The number of esters is 1. The molecule has 0 saturated carbocycles. The maximum Gasteiger partial charge on any atom is 0.336 e. The third-order valence-corrected chi connectivity index (χ3v) is 2.82. The zero-order valence-corrected chi connectivity index (χ0v) is 11.4. The highest BCUT2D eigenvalue weighted by atomic mass is 16.6. The smallest absolute Gasteiger partial charge is 0.336 e. The summed E-state index contributed by atoms with van der Waals surface area (Å²) in [6.45, 7) is 0.227. The van der Waals surface area contributed by atoms with E-state index in [0.717, 1.165) is 0 Å². The number of amides is 3. The van der Waals surface area contributed by atoms with Crippen molar-refractivity contribution in [3.05, 3.63) is 0 Å². The maximum atomic E-state index is 11.9. The molecule has 2 atom stereocenters. The van der Waals surface area contributed by atoms with Crippen LogP contribution < -0.4 is 11.1 Å². The van der Waals surface area contributed by atoms with Crippen LogP contribution in [-0.2, 0) is 23.9 Å².